The van der Waals surface area contributed by atoms with Crippen molar-refractivity contribution in [2.75, 3.05) is 0 Å². The zero-order valence-corrected chi connectivity index (χ0v) is 11.3. The van der Waals surface area contributed by atoms with E-state index in [2.05, 4.69) is 41.0 Å². The van der Waals surface area contributed by atoms with Crippen LogP contribution in [0.1, 0.15) is 19.8 Å². The van der Waals surface area contributed by atoms with Gasteiger partial charge in [0.2, 0.25) is 0 Å². The molecule has 0 saturated carbocycles. The predicted octanol–water partition coefficient (Wildman–Crippen LogP) is 3.95. The lowest BCUT2D eigenvalue weighted by atomic mass is 10.3. The molecular formula is C13H19BrN2. The van der Waals surface area contributed by atoms with Crippen molar-refractivity contribution in [3.8, 4) is 0 Å². The maximum Gasteiger partial charge on any atom is 0.0267 e. The Balaban J connectivity index is 0.000000283. The molecular weight excluding hydrogens is 264 g/mol. The maximum atomic E-state index is 3.78. The van der Waals surface area contributed by atoms with Gasteiger partial charge in [-0.15, -0.1) is 17.0 Å². The Bertz CT molecular complexity index is 292. The highest BCUT2D eigenvalue weighted by Crippen LogP contribution is 1.94. The average molecular weight is 283 g/mol. The number of unbranched alkanes of at least 4 members (excludes halogenated alkanes) is 1. The Kier molecular flexibility index (Phi) is 9.72. The fraction of sp³-hybridized carbons (Fsp3) is 0.308. The maximum absolute atomic E-state index is 3.78. The van der Waals surface area contributed by atoms with Gasteiger partial charge in [-0.1, -0.05) is 19.4 Å². The standard InChI is InChI=1S/C8H13N.C5H5N.BrH/c1-2-3-6-9-7-4-5-8-9;1-2-4-6-5-3-1;/h4-5,7-8H,2-3,6H2,1H3;1-5H;1H. The number of aromatic nitrogens is 2. The first-order chi connectivity index (χ1) is 7.43. The Morgan fingerprint density at radius 1 is 0.938 bits per heavy atom. The normalized spacial score (nSPS) is 8.56. The first-order valence-electron chi connectivity index (χ1n) is 5.39. The molecule has 0 spiro atoms. The molecule has 0 bridgehead atoms. The fourth-order valence-electron chi connectivity index (χ4n) is 1.17. The molecule has 0 N–H and O–H groups in total. The lowest BCUT2D eigenvalue weighted by molar-refractivity contribution is 0.635. The van der Waals surface area contributed by atoms with E-state index in [-0.39, 0.29) is 17.0 Å². The van der Waals surface area contributed by atoms with Gasteiger partial charge in [-0.05, 0) is 30.7 Å². The number of rotatable bonds is 3. The molecule has 0 radical (unpaired) electrons. The molecule has 0 aromatic carbocycles. The largest absolute Gasteiger partial charge is 0.354 e. The van der Waals surface area contributed by atoms with Gasteiger partial charge in [0.05, 0.1) is 0 Å². The van der Waals surface area contributed by atoms with Crippen molar-refractivity contribution in [2.24, 2.45) is 0 Å². The molecule has 2 aromatic heterocycles. The van der Waals surface area contributed by atoms with Gasteiger partial charge in [0.15, 0.2) is 0 Å². The minimum Gasteiger partial charge on any atom is -0.354 e. The van der Waals surface area contributed by atoms with Crippen molar-refractivity contribution in [3.63, 3.8) is 0 Å². The minimum atomic E-state index is 0. The van der Waals surface area contributed by atoms with E-state index >= 15 is 0 Å². The summed E-state index contributed by atoms with van der Waals surface area (Å²) in [5.74, 6) is 0. The molecule has 2 nitrogen and oxygen atoms in total. The zero-order valence-electron chi connectivity index (χ0n) is 9.62. The van der Waals surface area contributed by atoms with Crippen LogP contribution in [0, 0.1) is 0 Å². The van der Waals surface area contributed by atoms with Gasteiger partial charge in [0.1, 0.15) is 0 Å². The van der Waals surface area contributed by atoms with Crippen LogP contribution >= 0.6 is 17.0 Å². The number of pyridine rings is 1. The van der Waals surface area contributed by atoms with E-state index in [4.69, 9.17) is 0 Å². The number of hydrogen-bond donors (Lipinski definition) is 0. The first kappa shape index (κ1) is 14.9. The third-order valence-corrected chi connectivity index (χ3v) is 2.00. The Labute approximate surface area is 108 Å². The van der Waals surface area contributed by atoms with Crippen molar-refractivity contribution in [1.82, 2.24) is 9.55 Å². The Morgan fingerprint density at radius 2 is 1.56 bits per heavy atom. The summed E-state index contributed by atoms with van der Waals surface area (Å²) in [6, 6.07) is 9.85. The van der Waals surface area contributed by atoms with Crippen LogP contribution in [0.3, 0.4) is 0 Å². The second-order valence-corrected chi connectivity index (χ2v) is 3.30. The summed E-state index contributed by atoms with van der Waals surface area (Å²) in [5.41, 5.74) is 0. The molecule has 2 heterocycles. The highest BCUT2D eigenvalue weighted by atomic mass is 79.9. The lowest BCUT2D eigenvalue weighted by Crippen LogP contribution is -1.91. The smallest absolute Gasteiger partial charge is 0.0267 e. The van der Waals surface area contributed by atoms with Gasteiger partial charge < -0.3 is 4.57 Å². The average Bonchev–Trinajstić information content (AvgIpc) is 2.82. The number of aryl methyl sites for hydroxylation is 1. The van der Waals surface area contributed by atoms with Crippen LogP contribution in [0.2, 0.25) is 0 Å². The molecule has 3 heteroatoms. The monoisotopic (exact) mass is 282 g/mol. The van der Waals surface area contributed by atoms with Crippen LogP contribution in [0.4, 0.5) is 0 Å². The van der Waals surface area contributed by atoms with E-state index in [0.717, 1.165) is 0 Å². The molecule has 2 aromatic rings. The molecule has 0 saturated heterocycles. The molecule has 0 fully saturated rings. The molecule has 0 aliphatic rings. The van der Waals surface area contributed by atoms with Crippen molar-refractivity contribution in [3.05, 3.63) is 55.1 Å². The van der Waals surface area contributed by atoms with E-state index in [0.29, 0.717) is 0 Å². The first-order valence-corrected chi connectivity index (χ1v) is 5.39. The molecule has 0 atom stereocenters. The topological polar surface area (TPSA) is 17.8 Å². The highest BCUT2D eigenvalue weighted by molar-refractivity contribution is 8.93. The fourth-order valence-corrected chi connectivity index (χ4v) is 1.17. The van der Waals surface area contributed by atoms with Gasteiger partial charge in [0.25, 0.3) is 0 Å². The summed E-state index contributed by atoms with van der Waals surface area (Å²) < 4.78 is 2.21. The minimum absolute atomic E-state index is 0. The van der Waals surface area contributed by atoms with Crippen LogP contribution in [0.25, 0.3) is 0 Å². The summed E-state index contributed by atoms with van der Waals surface area (Å²) in [4.78, 5) is 3.78. The zero-order chi connectivity index (χ0) is 10.8. The van der Waals surface area contributed by atoms with Crippen LogP contribution in [0.15, 0.2) is 55.1 Å². The van der Waals surface area contributed by atoms with Crippen LogP contribution < -0.4 is 0 Å². The van der Waals surface area contributed by atoms with Gasteiger partial charge in [-0.25, -0.2) is 0 Å². The summed E-state index contributed by atoms with van der Waals surface area (Å²) in [7, 11) is 0. The predicted molar refractivity (Wildman–Crippen MR) is 73.9 cm³/mol. The quantitative estimate of drug-likeness (QED) is 0.834. The second kappa shape index (κ2) is 10.4. The lowest BCUT2D eigenvalue weighted by Gasteiger charge is -1.97. The Hall–Kier alpha value is -1.09. The van der Waals surface area contributed by atoms with E-state index in [1.54, 1.807) is 12.4 Å². The Morgan fingerprint density at radius 3 is 1.94 bits per heavy atom. The number of nitrogens with zero attached hydrogens (tertiary/aromatic N) is 2. The summed E-state index contributed by atoms with van der Waals surface area (Å²) >= 11 is 0. The molecule has 88 valence electrons. The summed E-state index contributed by atoms with van der Waals surface area (Å²) in [6.45, 7) is 3.38. The summed E-state index contributed by atoms with van der Waals surface area (Å²) in [6.07, 6.45) is 10.3. The molecule has 0 unspecified atom stereocenters. The van der Waals surface area contributed by atoms with E-state index in [1.165, 1.54) is 19.4 Å². The SMILES string of the molecule is Br.CCCCn1cccc1.c1ccncc1. The van der Waals surface area contributed by atoms with Gasteiger partial charge in [-0.3, -0.25) is 4.98 Å². The molecule has 16 heavy (non-hydrogen) atoms. The summed E-state index contributed by atoms with van der Waals surface area (Å²) in [5, 5.41) is 0. The number of halogens is 1. The third kappa shape index (κ3) is 7.23. The van der Waals surface area contributed by atoms with Crippen molar-refractivity contribution in [2.45, 2.75) is 26.3 Å². The van der Waals surface area contributed by atoms with E-state index < -0.39 is 0 Å². The molecule has 0 aliphatic heterocycles. The van der Waals surface area contributed by atoms with Crippen LogP contribution in [0.5, 0.6) is 0 Å². The van der Waals surface area contributed by atoms with Crippen molar-refractivity contribution >= 4 is 17.0 Å². The van der Waals surface area contributed by atoms with Crippen molar-refractivity contribution < 1.29 is 0 Å². The third-order valence-electron chi connectivity index (χ3n) is 2.00. The van der Waals surface area contributed by atoms with E-state index in [9.17, 15) is 0 Å². The highest BCUT2D eigenvalue weighted by Gasteiger charge is 1.84. The van der Waals surface area contributed by atoms with Crippen LogP contribution in [-0.2, 0) is 6.54 Å². The van der Waals surface area contributed by atoms with Crippen LogP contribution in [-0.4, -0.2) is 9.55 Å². The van der Waals surface area contributed by atoms with Crippen molar-refractivity contribution in [1.29, 1.82) is 0 Å². The second-order valence-electron chi connectivity index (χ2n) is 3.30. The molecule has 0 amide bonds. The van der Waals surface area contributed by atoms with E-state index in [1.807, 2.05) is 18.2 Å². The van der Waals surface area contributed by atoms with Gasteiger partial charge >= 0.3 is 0 Å². The van der Waals surface area contributed by atoms with Gasteiger partial charge in [-0.2, -0.15) is 0 Å². The molecule has 2 rings (SSSR count). The number of hydrogen-bond acceptors (Lipinski definition) is 1. The molecule has 0 aliphatic carbocycles. The van der Waals surface area contributed by atoms with Gasteiger partial charge in [0, 0.05) is 31.3 Å².